The molecule has 0 aliphatic carbocycles. The second-order valence-corrected chi connectivity index (χ2v) is 7.66. The summed E-state index contributed by atoms with van der Waals surface area (Å²) in [7, 11) is -3.44. The smallest absolute Gasteiger partial charge is 0.208 e. The summed E-state index contributed by atoms with van der Waals surface area (Å²) in [5.74, 6) is 0. The Labute approximate surface area is 111 Å². The van der Waals surface area contributed by atoms with Gasteiger partial charge in [0.05, 0.1) is 4.90 Å². The lowest BCUT2D eigenvalue weighted by Gasteiger charge is -2.28. The lowest BCUT2D eigenvalue weighted by Crippen LogP contribution is -2.41. The van der Waals surface area contributed by atoms with Crippen molar-refractivity contribution in [2.24, 2.45) is 5.41 Å². The zero-order chi connectivity index (χ0) is 14.1. The third-order valence-corrected chi connectivity index (χ3v) is 4.95. The maximum Gasteiger partial charge on any atom is 0.241 e. The highest BCUT2D eigenvalue weighted by molar-refractivity contribution is 7.89. The molecule has 1 rings (SSSR count). The molecule has 0 fully saturated rings. The minimum absolute atomic E-state index is 0.105. The summed E-state index contributed by atoms with van der Waals surface area (Å²) >= 11 is 0. The van der Waals surface area contributed by atoms with Crippen LogP contribution in [0.1, 0.15) is 38.8 Å². The molecule has 0 aliphatic rings. The SMILES string of the molecule is Cc1ccc(S(=O)(=O)NC(C)C(C)(C)C)c(C)c1. The van der Waals surface area contributed by atoms with E-state index < -0.39 is 10.0 Å². The molecular formula is C14H23NO2S. The Kier molecular flexibility index (Phi) is 4.23. The van der Waals surface area contributed by atoms with E-state index in [0.717, 1.165) is 11.1 Å². The summed E-state index contributed by atoms with van der Waals surface area (Å²) in [6, 6.07) is 5.25. The summed E-state index contributed by atoms with van der Waals surface area (Å²) in [6.45, 7) is 11.7. The molecule has 0 aliphatic heterocycles. The van der Waals surface area contributed by atoms with E-state index in [-0.39, 0.29) is 11.5 Å². The van der Waals surface area contributed by atoms with Crippen molar-refractivity contribution in [1.29, 1.82) is 0 Å². The zero-order valence-electron chi connectivity index (χ0n) is 12.0. The Morgan fingerprint density at radius 2 is 1.72 bits per heavy atom. The monoisotopic (exact) mass is 269 g/mol. The molecule has 102 valence electrons. The number of hydrogen-bond acceptors (Lipinski definition) is 2. The van der Waals surface area contributed by atoms with Gasteiger partial charge in [-0.15, -0.1) is 0 Å². The van der Waals surface area contributed by atoms with Crippen LogP contribution in [0.4, 0.5) is 0 Å². The highest BCUT2D eigenvalue weighted by Crippen LogP contribution is 2.22. The molecule has 1 unspecified atom stereocenters. The third-order valence-electron chi connectivity index (χ3n) is 3.25. The number of sulfonamides is 1. The molecule has 1 N–H and O–H groups in total. The normalized spacial score (nSPS) is 14.6. The van der Waals surface area contributed by atoms with Crippen LogP contribution < -0.4 is 4.72 Å². The highest BCUT2D eigenvalue weighted by atomic mass is 32.2. The van der Waals surface area contributed by atoms with Crippen LogP contribution in [-0.2, 0) is 10.0 Å². The second-order valence-electron chi connectivity index (χ2n) is 5.98. The van der Waals surface area contributed by atoms with Crippen LogP contribution in [0, 0.1) is 19.3 Å². The maximum absolute atomic E-state index is 12.3. The number of hydrogen-bond donors (Lipinski definition) is 1. The van der Waals surface area contributed by atoms with E-state index in [1.165, 1.54) is 0 Å². The first-order valence-corrected chi connectivity index (χ1v) is 7.62. The molecule has 0 saturated heterocycles. The summed E-state index contributed by atoms with van der Waals surface area (Å²) in [5, 5.41) is 0. The fraction of sp³-hybridized carbons (Fsp3) is 0.571. The van der Waals surface area contributed by atoms with Crippen molar-refractivity contribution in [2.45, 2.75) is 52.5 Å². The van der Waals surface area contributed by atoms with Crippen molar-refractivity contribution in [2.75, 3.05) is 0 Å². The van der Waals surface area contributed by atoms with Gasteiger partial charge >= 0.3 is 0 Å². The second kappa shape index (κ2) is 5.02. The number of nitrogens with one attached hydrogen (secondary N) is 1. The molecule has 0 radical (unpaired) electrons. The molecule has 0 amide bonds. The van der Waals surface area contributed by atoms with Gasteiger partial charge in [-0.1, -0.05) is 38.5 Å². The molecule has 1 atom stereocenters. The molecule has 4 heteroatoms. The van der Waals surface area contributed by atoms with E-state index in [2.05, 4.69) is 4.72 Å². The van der Waals surface area contributed by atoms with Gasteiger partial charge in [0.2, 0.25) is 10.0 Å². The molecule has 0 aromatic heterocycles. The van der Waals surface area contributed by atoms with Crippen molar-refractivity contribution < 1.29 is 8.42 Å². The Balaban J connectivity index is 3.08. The van der Waals surface area contributed by atoms with Crippen LogP contribution in [0.2, 0.25) is 0 Å². The average Bonchev–Trinajstić information content (AvgIpc) is 2.14. The van der Waals surface area contributed by atoms with E-state index in [4.69, 9.17) is 0 Å². The number of rotatable bonds is 3. The van der Waals surface area contributed by atoms with E-state index in [1.807, 2.05) is 53.7 Å². The standard InChI is InChI=1S/C14H23NO2S/c1-10-7-8-13(11(2)9-10)18(16,17)15-12(3)14(4,5)6/h7-9,12,15H,1-6H3. The van der Waals surface area contributed by atoms with Crippen LogP contribution >= 0.6 is 0 Å². The van der Waals surface area contributed by atoms with Crippen LogP contribution in [0.3, 0.4) is 0 Å². The first kappa shape index (κ1) is 15.2. The van der Waals surface area contributed by atoms with Gasteiger partial charge in [-0.05, 0) is 37.8 Å². The van der Waals surface area contributed by atoms with Gasteiger partial charge in [-0.3, -0.25) is 0 Å². The minimum Gasteiger partial charge on any atom is -0.208 e. The van der Waals surface area contributed by atoms with Gasteiger partial charge in [-0.25, -0.2) is 13.1 Å². The quantitative estimate of drug-likeness (QED) is 0.917. The molecule has 1 aromatic rings. The molecular weight excluding hydrogens is 246 g/mol. The van der Waals surface area contributed by atoms with E-state index in [9.17, 15) is 8.42 Å². The predicted molar refractivity (Wildman–Crippen MR) is 75.2 cm³/mol. The highest BCUT2D eigenvalue weighted by Gasteiger charge is 2.26. The van der Waals surface area contributed by atoms with Gasteiger partial charge in [0, 0.05) is 6.04 Å². The number of aryl methyl sites for hydroxylation is 2. The maximum atomic E-state index is 12.3. The van der Waals surface area contributed by atoms with Crippen molar-refractivity contribution in [3.05, 3.63) is 29.3 Å². The zero-order valence-corrected chi connectivity index (χ0v) is 12.9. The summed E-state index contributed by atoms with van der Waals surface area (Å²) < 4.78 is 27.4. The Hall–Kier alpha value is -0.870. The van der Waals surface area contributed by atoms with Crippen molar-refractivity contribution >= 4 is 10.0 Å². The van der Waals surface area contributed by atoms with Crippen LogP contribution in [-0.4, -0.2) is 14.5 Å². The Morgan fingerprint density at radius 3 is 2.17 bits per heavy atom. The van der Waals surface area contributed by atoms with Gasteiger partial charge in [0.1, 0.15) is 0 Å². The largest absolute Gasteiger partial charge is 0.241 e. The van der Waals surface area contributed by atoms with E-state index in [1.54, 1.807) is 6.07 Å². The minimum atomic E-state index is -3.44. The third kappa shape index (κ3) is 3.56. The van der Waals surface area contributed by atoms with Crippen molar-refractivity contribution in [3.8, 4) is 0 Å². The molecule has 1 aromatic carbocycles. The van der Waals surface area contributed by atoms with Crippen LogP contribution in [0.5, 0.6) is 0 Å². The number of benzene rings is 1. The van der Waals surface area contributed by atoms with Gasteiger partial charge in [-0.2, -0.15) is 0 Å². The molecule has 18 heavy (non-hydrogen) atoms. The fourth-order valence-corrected chi connectivity index (χ4v) is 3.25. The Bertz CT molecular complexity index is 527. The van der Waals surface area contributed by atoms with Gasteiger partial charge < -0.3 is 0 Å². The molecule has 0 spiro atoms. The predicted octanol–water partition coefficient (Wildman–Crippen LogP) is 3.02. The lowest BCUT2D eigenvalue weighted by molar-refractivity contribution is 0.317. The average molecular weight is 269 g/mol. The first-order valence-electron chi connectivity index (χ1n) is 6.13. The van der Waals surface area contributed by atoms with Crippen molar-refractivity contribution in [3.63, 3.8) is 0 Å². The molecule has 0 heterocycles. The van der Waals surface area contributed by atoms with E-state index >= 15 is 0 Å². The fourth-order valence-electron chi connectivity index (χ4n) is 1.57. The topological polar surface area (TPSA) is 46.2 Å². The van der Waals surface area contributed by atoms with Gasteiger partial charge in [0.15, 0.2) is 0 Å². The summed E-state index contributed by atoms with van der Waals surface area (Å²) in [5.41, 5.74) is 1.74. The molecule has 3 nitrogen and oxygen atoms in total. The Morgan fingerprint density at radius 1 is 1.17 bits per heavy atom. The summed E-state index contributed by atoms with van der Waals surface area (Å²) in [4.78, 5) is 0.365. The van der Waals surface area contributed by atoms with Crippen LogP contribution in [0.15, 0.2) is 23.1 Å². The van der Waals surface area contributed by atoms with Crippen LogP contribution in [0.25, 0.3) is 0 Å². The molecule has 0 saturated carbocycles. The van der Waals surface area contributed by atoms with Crippen molar-refractivity contribution in [1.82, 2.24) is 4.72 Å². The summed E-state index contributed by atoms with van der Waals surface area (Å²) in [6.07, 6.45) is 0. The van der Waals surface area contributed by atoms with E-state index in [0.29, 0.717) is 4.90 Å². The lowest BCUT2D eigenvalue weighted by atomic mass is 9.89. The first-order chi connectivity index (χ1) is 8.04. The van der Waals surface area contributed by atoms with Gasteiger partial charge in [0.25, 0.3) is 0 Å². The molecule has 0 bridgehead atoms.